The molecular formula is C11H15N3O3. The summed E-state index contributed by atoms with van der Waals surface area (Å²) in [6.07, 6.45) is 6.19. The van der Waals surface area contributed by atoms with E-state index < -0.39 is 0 Å². The Morgan fingerprint density at radius 3 is 2.94 bits per heavy atom. The Labute approximate surface area is 98.9 Å². The highest BCUT2D eigenvalue weighted by Crippen LogP contribution is 2.27. The average Bonchev–Trinajstić information content (AvgIpc) is 2.62. The molecule has 92 valence electrons. The van der Waals surface area contributed by atoms with E-state index in [1.165, 1.54) is 18.0 Å². The van der Waals surface area contributed by atoms with Gasteiger partial charge in [0, 0.05) is 12.1 Å². The van der Waals surface area contributed by atoms with Crippen LogP contribution in [0, 0.1) is 5.92 Å². The zero-order valence-electron chi connectivity index (χ0n) is 9.68. The number of carbonyl (C=O) groups is 2. The highest BCUT2D eigenvalue weighted by molar-refractivity contribution is 5.92. The number of rotatable bonds is 4. The summed E-state index contributed by atoms with van der Waals surface area (Å²) in [5.41, 5.74) is 0.616. The van der Waals surface area contributed by atoms with Crippen LogP contribution < -0.4 is 5.32 Å². The van der Waals surface area contributed by atoms with Gasteiger partial charge in [-0.15, -0.1) is 0 Å². The van der Waals surface area contributed by atoms with Gasteiger partial charge in [-0.1, -0.05) is 6.42 Å². The largest absolute Gasteiger partial charge is 0.468 e. The molecule has 6 heteroatoms. The molecule has 2 rings (SSSR count). The maximum Gasteiger partial charge on any atom is 0.327 e. The lowest BCUT2D eigenvalue weighted by atomic mass is 9.85. The lowest BCUT2D eigenvalue weighted by Crippen LogP contribution is -2.27. The van der Waals surface area contributed by atoms with Gasteiger partial charge in [-0.3, -0.25) is 14.3 Å². The lowest BCUT2D eigenvalue weighted by molar-refractivity contribution is -0.141. The molecule has 0 unspecified atom stereocenters. The molecule has 1 aliphatic carbocycles. The van der Waals surface area contributed by atoms with Crippen LogP contribution in [0.1, 0.15) is 19.3 Å². The van der Waals surface area contributed by atoms with Gasteiger partial charge in [-0.2, -0.15) is 5.10 Å². The molecule has 1 amide bonds. The number of esters is 1. The van der Waals surface area contributed by atoms with E-state index in [9.17, 15) is 9.59 Å². The van der Waals surface area contributed by atoms with Crippen molar-refractivity contribution in [3.63, 3.8) is 0 Å². The summed E-state index contributed by atoms with van der Waals surface area (Å²) >= 11 is 0. The minimum atomic E-state index is -0.370. The Morgan fingerprint density at radius 1 is 1.59 bits per heavy atom. The normalized spacial score (nSPS) is 15.1. The van der Waals surface area contributed by atoms with E-state index in [2.05, 4.69) is 15.2 Å². The van der Waals surface area contributed by atoms with Gasteiger partial charge in [-0.25, -0.2) is 0 Å². The van der Waals surface area contributed by atoms with Crippen LogP contribution in [0.25, 0.3) is 0 Å². The first-order chi connectivity index (χ1) is 8.19. The van der Waals surface area contributed by atoms with Crippen LogP contribution in [0.2, 0.25) is 0 Å². The van der Waals surface area contributed by atoms with Gasteiger partial charge in [0.15, 0.2) is 0 Å². The Morgan fingerprint density at radius 2 is 2.35 bits per heavy atom. The smallest absolute Gasteiger partial charge is 0.327 e. The summed E-state index contributed by atoms with van der Waals surface area (Å²) in [5.74, 6) is -0.196. The first-order valence-corrected chi connectivity index (χ1v) is 5.59. The third-order valence-electron chi connectivity index (χ3n) is 2.90. The third kappa shape index (κ3) is 2.83. The zero-order valence-corrected chi connectivity index (χ0v) is 9.68. The van der Waals surface area contributed by atoms with Crippen LogP contribution in [0.5, 0.6) is 0 Å². The first kappa shape index (κ1) is 11.6. The van der Waals surface area contributed by atoms with Crippen molar-refractivity contribution in [1.82, 2.24) is 9.78 Å². The molecule has 1 saturated carbocycles. The molecule has 6 nitrogen and oxygen atoms in total. The van der Waals surface area contributed by atoms with Gasteiger partial charge in [0.1, 0.15) is 6.54 Å². The van der Waals surface area contributed by atoms with Crippen molar-refractivity contribution in [3.05, 3.63) is 12.4 Å². The number of nitrogens with zero attached hydrogens (tertiary/aromatic N) is 2. The van der Waals surface area contributed by atoms with Crippen LogP contribution in [0.3, 0.4) is 0 Å². The molecule has 0 aromatic carbocycles. The van der Waals surface area contributed by atoms with Gasteiger partial charge in [0.2, 0.25) is 5.91 Å². The molecule has 1 aliphatic rings. The number of hydrogen-bond donors (Lipinski definition) is 1. The number of ether oxygens (including phenoxy) is 1. The minimum Gasteiger partial charge on any atom is -0.468 e. The third-order valence-corrected chi connectivity index (χ3v) is 2.90. The fourth-order valence-corrected chi connectivity index (χ4v) is 1.63. The van der Waals surface area contributed by atoms with E-state index in [4.69, 9.17) is 0 Å². The highest BCUT2D eigenvalue weighted by atomic mass is 16.5. The van der Waals surface area contributed by atoms with Crippen LogP contribution in [0.15, 0.2) is 12.4 Å². The van der Waals surface area contributed by atoms with Gasteiger partial charge in [-0.05, 0) is 12.8 Å². The van der Waals surface area contributed by atoms with E-state index in [0.717, 1.165) is 19.3 Å². The number of anilines is 1. The van der Waals surface area contributed by atoms with Crippen molar-refractivity contribution < 1.29 is 14.3 Å². The van der Waals surface area contributed by atoms with Crippen molar-refractivity contribution in [2.24, 2.45) is 5.92 Å². The van der Waals surface area contributed by atoms with Crippen molar-refractivity contribution in [2.45, 2.75) is 25.8 Å². The number of methoxy groups -OCH3 is 1. The monoisotopic (exact) mass is 237 g/mol. The topological polar surface area (TPSA) is 73.2 Å². The summed E-state index contributed by atoms with van der Waals surface area (Å²) in [5, 5.41) is 6.74. The van der Waals surface area contributed by atoms with Gasteiger partial charge in [0.25, 0.3) is 0 Å². The fraction of sp³-hybridized carbons (Fsp3) is 0.545. The van der Waals surface area contributed by atoms with Crippen molar-refractivity contribution in [3.8, 4) is 0 Å². The minimum absolute atomic E-state index is 0.0360. The molecule has 1 N–H and O–H groups in total. The summed E-state index contributed by atoms with van der Waals surface area (Å²) < 4.78 is 5.95. The molecular weight excluding hydrogens is 222 g/mol. The lowest BCUT2D eigenvalue weighted by Gasteiger charge is -2.23. The molecule has 1 aromatic heterocycles. The standard InChI is InChI=1S/C11H15N3O3/c1-17-10(15)7-14-6-9(5-12-14)13-11(16)8-3-2-4-8/h5-6,8H,2-4,7H2,1H3,(H,13,16). The molecule has 1 fully saturated rings. The Balaban J connectivity index is 1.89. The van der Waals surface area contributed by atoms with Crippen LogP contribution in [-0.2, 0) is 20.9 Å². The van der Waals surface area contributed by atoms with E-state index in [-0.39, 0.29) is 24.3 Å². The summed E-state index contributed by atoms with van der Waals surface area (Å²) in [6.45, 7) is 0.0514. The van der Waals surface area contributed by atoms with E-state index in [1.807, 2.05) is 0 Å². The average molecular weight is 237 g/mol. The zero-order chi connectivity index (χ0) is 12.3. The quantitative estimate of drug-likeness (QED) is 0.786. The molecule has 17 heavy (non-hydrogen) atoms. The first-order valence-electron chi connectivity index (χ1n) is 5.59. The van der Waals surface area contributed by atoms with Crippen molar-refractivity contribution in [1.29, 1.82) is 0 Å². The van der Waals surface area contributed by atoms with Gasteiger partial charge >= 0.3 is 5.97 Å². The molecule has 0 saturated heterocycles. The van der Waals surface area contributed by atoms with Crippen LogP contribution >= 0.6 is 0 Å². The Hall–Kier alpha value is -1.85. The highest BCUT2D eigenvalue weighted by Gasteiger charge is 2.25. The molecule has 0 bridgehead atoms. The Kier molecular flexibility index (Phi) is 3.41. The maximum absolute atomic E-state index is 11.6. The second-order valence-corrected chi connectivity index (χ2v) is 4.12. The molecule has 0 atom stereocenters. The number of aromatic nitrogens is 2. The van der Waals surface area contributed by atoms with E-state index in [0.29, 0.717) is 5.69 Å². The van der Waals surface area contributed by atoms with Crippen molar-refractivity contribution >= 4 is 17.6 Å². The van der Waals surface area contributed by atoms with Gasteiger partial charge < -0.3 is 10.1 Å². The molecule has 0 aliphatic heterocycles. The maximum atomic E-state index is 11.6. The van der Waals surface area contributed by atoms with Gasteiger partial charge in [0.05, 0.1) is 19.0 Å². The second-order valence-electron chi connectivity index (χ2n) is 4.12. The SMILES string of the molecule is COC(=O)Cn1cc(NC(=O)C2CCC2)cn1. The number of nitrogens with one attached hydrogen (secondary N) is 1. The van der Waals surface area contributed by atoms with E-state index >= 15 is 0 Å². The summed E-state index contributed by atoms with van der Waals surface area (Å²) in [4.78, 5) is 22.6. The van der Waals surface area contributed by atoms with E-state index in [1.54, 1.807) is 6.20 Å². The molecule has 0 spiro atoms. The number of hydrogen-bond acceptors (Lipinski definition) is 4. The van der Waals surface area contributed by atoms with Crippen LogP contribution in [-0.4, -0.2) is 28.8 Å². The second kappa shape index (κ2) is 4.99. The van der Waals surface area contributed by atoms with Crippen LogP contribution in [0.4, 0.5) is 5.69 Å². The molecule has 0 radical (unpaired) electrons. The number of amides is 1. The number of carbonyl (C=O) groups excluding carboxylic acids is 2. The summed E-state index contributed by atoms with van der Waals surface area (Å²) in [7, 11) is 1.32. The van der Waals surface area contributed by atoms with Crippen molar-refractivity contribution in [2.75, 3.05) is 12.4 Å². The fourth-order valence-electron chi connectivity index (χ4n) is 1.63. The predicted molar refractivity (Wildman–Crippen MR) is 60.2 cm³/mol. The molecule has 1 heterocycles. The predicted octanol–water partition coefficient (Wildman–Crippen LogP) is 0.795. The molecule has 1 aromatic rings. The Bertz CT molecular complexity index is 423. The summed E-state index contributed by atoms with van der Waals surface area (Å²) in [6, 6.07) is 0.